The fourth-order valence-electron chi connectivity index (χ4n) is 4.66. The number of urea groups is 1. The Bertz CT molecular complexity index is 1110. The molecular weight excluding hydrogens is 434 g/mol. The number of benzene rings is 3. The molecule has 5 nitrogen and oxygen atoms in total. The fourth-order valence-corrected chi connectivity index (χ4v) is 4.66. The van der Waals surface area contributed by atoms with Gasteiger partial charge in [0.1, 0.15) is 0 Å². The Morgan fingerprint density at radius 3 is 2.40 bits per heavy atom. The van der Waals surface area contributed by atoms with Gasteiger partial charge < -0.3 is 15.5 Å². The molecule has 1 unspecified atom stereocenters. The molecule has 1 aliphatic rings. The lowest BCUT2D eigenvalue weighted by Gasteiger charge is -2.27. The van der Waals surface area contributed by atoms with E-state index in [-0.39, 0.29) is 24.4 Å². The summed E-state index contributed by atoms with van der Waals surface area (Å²) in [5.74, 6) is -0.0171. The molecule has 4 rings (SSSR count). The molecule has 0 aliphatic heterocycles. The van der Waals surface area contributed by atoms with Crippen LogP contribution in [0.25, 0.3) is 0 Å². The first-order chi connectivity index (χ1) is 17.1. The number of carbonyl (C=O) groups is 2. The minimum atomic E-state index is -0.180. The summed E-state index contributed by atoms with van der Waals surface area (Å²) in [7, 11) is 0. The molecule has 0 saturated heterocycles. The average Bonchev–Trinajstić information content (AvgIpc) is 2.90. The molecule has 5 heteroatoms. The van der Waals surface area contributed by atoms with Crippen LogP contribution in [0, 0.1) is 0 Å². The predicted molar refractivity (Wildman–Crippen MR) is 141 cm³/mol. The molecule has 1 atom stereocenters. The van der Waals surface area contributed by atoms with E-state index in [1.54, 1.807) is 4.90 Å². The molecule has 1 aliphatic carbocycles. The van der Waals surface area contributed by atoms with E-state index in [4.69, 9.17) is 0 Å². The van der Waals surface area contributed by atoms with Crippen LogP contribution in [0.3, 0.4) is 0 Å². The highest BCUT2D eigenvalue weighted by Gasteiger charge is 2.22. The highest BCUT2D eigenvalue weighted by atomic mass is 16.2. The molecule has 0 spiro atoms. The Labute approximate surface area is 208 Å². The van der Waals surface area contributed by atoms with Gasteiger partial charge >= 0.3 is 6.03 Å². The minimum absolute atomic E-state index is 0.0171. The van der Waals surface area contributed by atoms with Crippen LogP contribution < -0.4 is 10.6 Å². The average molecular weight is 470 g/mol. The molecule has 35 heavy (non-hydrogen) atoms. The quantitative estimate of drug-likeness (QED) is 0.409. The summed E-state index contributed by atoms with van der Waals surface area (Å²) in [5, 5.41) is 6.21. The minimum Gasteiger partial charge on any atom is -0.349 e. The topological polar surface area (TPSA) is 61.4 Å². The SMILES string of the molecule is CCc1ccc(NC(=O)N(CCC(=O)NC2CCCc3ccccc32)CCc2ccccc2)cc1. The number of hydrogen-bond donors (Lipinski definition) is 2. The van der Waals surface area contributed by atoms with E-state index in [1.807, 2.05) is 48.5 Å². The molecule has 0 aromatic heterocycles. The van der Waals surface area contributed by atoms with E-state index in [1.165, 1.54) is 22.3 Å². The number of nitrogens with one attached hydrogen (secondary N) is 2. The van der Waals surface area contributed by atoms with E-state index < -0.39 is 0 Å². The number of carbonyl (C=O) groups excluding carboxylic acids is 2. The van der Waals surface area contributed by atoms with Crippen LogP contribution in [0.15, 0.2) is 78.9 Å². The first-order valence-electron chi connectivity index (χ1n) is 12.7. The van der Waals surface area contributed by atoms with Gasteiger partial charge in [0, 0.05) is 25.2 Å². The number of hydrogen-bond acceptors (Lipinski definition) is 2. The summed E-state index contributed by atoms with van der Waals surface area (Å²) in [4.78, 5) is 27.8. The lowest BCUT2D eigenvalue weighted by Crippen LogP contribution is -2.40. The number of anilines is 1. The summed E-state index contributed by atoms with van der Waals surface area (Å²) >= 11 is 0. The largest absolute Gasteiger partial charge is 0.349 e. The zero-order valence-corrected chi connectivity index (χ0v) is 20.5. The summed E-state index contributed by atoms with van der Waals surface area (Å²) in [6, 6.07) is 26.3. The van der Waals surface area contributed by atoms with Gasteiger partial charge in [0.15, 0.2) is 0 Å². The van der Waals surface area contributed by atoms with Crippen molar-refractivity contribution in [1.29, 1.82) is 0 Å². The molecule has 0 radical (unpaired) electrons. The molecule has 0 bridgehead atoms. The van der Waals surface area contributed by atoms with Gasteiger partial charge in [-0.2, -0.15) is 0 Å². The van der Waals surface area contributed by atoms with Crippen LogP contribution in [0.1, 0.15) is 54.5 Å². The second kappa shape index (κ2) is 12.2. The van der Waals surface area contributed by atoms with E-state index >= 15 is 0 Å². The van der Waals surface area contributed by atoms with Gasteiger partial charge in [0.25, 0.3) is 0 Å². The van der Waals surface area contributed by atoms with Crippen molar-refractivity contribution >= 4 is 17.6 Å². The number of aryl methyl sites for hydroxylation is 2. The fraction of sp³-hybridized carbons (Fsp3) is 0.333. The molecule has 3 aromatic rings. The van der Waals surface area contributed by atoms with Gasteiger partial charge in [0.05, 0.1) is 6.04 Å². The molecule has 3 aromatic carbocycles. The molecule has 182 valence electrons. The maximum absolute atomic E-state index is 13.1. The zero-order valence-electron chi connectivity index (χ0n) is 20.5. The van der Waals surface area contributed by atoms with Crippen LogP contribution in [0.2, 0.25) is 0 Å². The molecule has 3 amide bonds. The van der Waals surface area contributed by atoms with Crippen molar-refractivity contribution in [3.05, 3.63) is 101 Å². The van der Waals surface area contributed by atoms with Gasteiger partial charge in [-0.25, -0.2) is 4.79 Å². The van der Waals surface area contributed by atoms with E-state index in [0.29, 0.717) is 13.1 Å². The molecule has 0 fully saturated rings. The number of rotatable bonds is 9. The summed E-state index contributed by atoms with van der Waals surface area (Å²) in [5.41, 5.74) is 5.70. The number of nitrogens with zero attached hydrogens (tertiary/aromatic N) is 1. The third-order valence-corrected chi connectivity index (χ3v) is 6.73. The van der Waals surface area contributed by atoms with Crippen molar-refractivity contribution in [2.24, 2.45) is 0 Å². The standard InChI is InChI=1S/C30H35N3O2/c1-2-23-15-17-26(18-16-23)31-30(35)33(21-19-24-9-4-3-5-10-24)22-20-29(34)32-28-14-8-12-25-11-6-7-13-27(25)28/h3-7,9-11,13,15-18,28H,2,8,12,14,19-22H2,1H3,(H,31,35)(H,32,34). The van der Waals surface area contributed by atoms with Gasteiger partial charge in [-0.1, -0.05) is 73.7 Å². The molecule has 0 saturated carbocycles. The maximum Gasteiger partial charge on any atom is 0.321 e. The Morgan fingerprint density at radius 2 is 1.63 bits per heavy atom. The maximum atomic E-state index is 13.1. The summed E-state index contributed by atoms with van der Waals surface area (Å²) < 4.78 is 0. The van der Waals surface area contributed by atoms with Crippen LogP contribution in [-0.2, 0) is 24.1 Å². The second-order valence-corrected chi connectivity index (χ2v) is 9.16. The van der Waals surface area contributed by atoms with Crippen LogP contribution >= 0.6 is 0 Å². The highest BCUT2D eigenvalue weighted by Crippen LogP contribution is 2.29. The normalized spacial score (nSPS) is 14.6. The third-order valence-electron chi connectivity index (χ3n) is 6.73. The first-order valence-corrected chi connectivity index (χ1v) is 12.7. The Hall–Kier alpha value is -3.60. The Morgan fingerprint density at radius 1 is 0.886 bits per heavy atom. The lowest BCUT2D eigenvalue weighted by molar-refractivity contribution is -0.122. The van der Waals surface area contributed by atoms with Crippen molar-refractivity contribution in [2.45, 2.75) is 51.5 Å². The van der Waals surface area contributed by atoms with Crippen LogP contribution in [0.4, 0.5) is 10.5 Å². The van der Waals surface area contributed by atoms with Crippen molar-refractivity contribution in [1.82, 2.24) is 10.2 Å². The van der Waals surface area contributed by atoms with Gasteiger partial charge in [-0.15, -0.1) is 0 Å². The van der Waals surface area contributed by atoms with Gasteiger partial charge in [-0.3, -0.25) is 4.79 Å². The van der Waals surface area contributed by atoms with Crippen molar-refractivity contribution in [3.63, 3.8) is 0 Å². The van der Waals surface area contributed by atoms with Crippen molar-refractivity contribution < 1.29 is 9.59 Å². The van der Waals surface area contributed by atoms with Gasteiger partial charge in [0.2, 0.25) is 5.91 Å². The predicted octanol–water partition coefficient (Wildman–Crippen LogP) is 5.91. The lowest BCUT2D eigenvalue weighted by atomic mass is 9.87. The monoisotopic (exact) mass is 469 g/mol. The summed E-state index contributed by atoms with van der Waals surface area (Å²) in [6.45, 7) is 3.02. The van der Waals surface area contributed by atoms with Crippen molar-refractivity contribution in [3.8, 4) is 0 Å². The molecular formula is C30H35N3O2. The number of fused-ring (bicyclic) bond motifs is 1. The van der Waals surface area contributed by atoms with E-state index in [9.17, 15) is 9.59 Å². The molecule has 2 N–H and O–H groups in total. The van der Waals surface area contributed by atoms with Crippen LogP contribution in [-0.4, -0.2) is 29.9 Å². The first kappa shape index (κ1) is 24.5. The van der Waals surface area contributed by atoms with Crippen LogP contribution in [0.5, 0.6) is 0 Å². The van der Waals surface area contributed by atoms with Gasteiger partial charge in [-0.05, 0) is 66.5 Å². The Kier molecular flexibility index (Phi) is 8.55. The zero-order chi connectivity index (χ0) is 24.5. The smallest absolute Gasteiger partial charge is 0.321 e. The summed E-state index contributed by atoms with van der Waals surface area (Å²) in [6.07, 6.45) is 5.06. The third kappa shape index (κ3) is 6.95. The highest BCUT2D eigenvalue weighted by molar-refractivity contribution is 5.89. The number of amides is 3. The van der Waals surface area contributed by atoms with E-state index in [0.717, 1.165) is 37.8 Å². The Balaban J connectivity index is 1.37. The van der Waals surface area contributed by atoms with E-state index in [2.05, 4.69) is 47.9 Å². The molecule has 0 heterocycles. The second-order valence-electron chi connectivity index (χ2n) is 9.16. The van der Waals surface area contributed by atoms with Crippen molar-refractivity contribution in [2.75, 3.05) is 18.4 Å².